The molecule has 4 rings (SSSR count). The third kappa shape index (κ3) is 2.77. The highest BCUT2D eigenvalue weighted by molar-refractivity contribution is 5.78. The second-order valence-corrected chi connectivity index (χ2v) is 6.27. The molecular weight excluding hydrogens is 305 g/mol. The number of aromatic amines is 1. The molecule has 2 aromatic carbocycles. The first kappa shape index (κ1) is 14.9. The van der Waals surface area contributed by atoms with Gasteiger partial charge < -0.3 is 5.32 Å². The number of hydrogen-bond acceptors (Lipinski definition) is 3. The lowest BCUT2D eigenvalue weighted by Crippen LogP contribution is -2.25. The summed E-state index contributed by atoms with van der Waals surface area (Å²) < 4.78 is 13.1. The van der Waals surface area contributed by atoms with Crippen molar-refractivity contribution in [3.63, 3.8) is 0 Å². The van der Waals surface area contributed by atoms with E-state index in [0.29, 0.717) is 22.8 Å². The number of anilines is 1. The highest BCUT2D eigenvalue weighted by atomic mass is 19.1. The molecule has 2 unspecified atom stereocenters. The van der Waals surface area contributed by atoms with Gasteiger partial charge in [0.1, 0.15) is 5.82 Å². The fraction of sp³-hybridized carbons (Fsp3) is 0.263. The zero-order valence-electron chi connectivity index (χ0n) is 13.1. The maximum atomic E-state index is 13.1. The normalized spacial score (nSPS) is 20.4. The lowest BCUT2D eigenvalue weighted by Gasteiger charge is -2.21. The number of halogens is 1. The SMILES string of the molecule is O=c1[nH]c(NC2CCCC2c2ccc(F)cc2)nc2ccccc12. The molecule has 0 saturated heterocycles. The second kappa shape index (κ2) is 6.07. The van der Waals surface area contributed by atoms with Gasteiger partial charge in [-0.3, -0.25) is 9.78 Å². The number of aromatic nitrogens is 2. The predicted octanol–water partition coefficient (Wildman–Crippen LogP) is 3.81. The highest BCUT2D eigenvalue weighted by Crippen LogP contribution is 2.36. The fourth-order valence-electron chi connectivity index (χ4n) is 3.57. The van der Waals surface area contributed by atoms with Gasteiger partial charge in [0.2, 0.25) is 5.95 Å². The quantitative estimate of drug-likeness (QED) is 0.770. The van der Waals surface area contributed by atoms with Gasteiger partial charge >= 0.3 is 0 Å². The van der Waals surface area contributed by atoms with Crippen LogP contribution in [-0.2, 0) is 0 Å². The first-order chi connectivity index (χ1) is 11.7. The topological polar surface area (TPSA) is 57.8 Å². The average molecular weight is 323 g/mol. The Morgan fingerprint density at radius 3 is 2.71 bits per heavy atom. The molecule has 24 heavy (non-hydrogen) atoms. The minimum Gasteiger partial charge on any atom is -0.352 e. The summed E-state index contributed by atoms with van der Waals surface area (Å²) >= 11 is 0. The molecule has 0 amide bonds. The van der Waals surface area contributed by atoms with Crippen molar-refractivity contribution in [2.75, 3.05) is 5.32 Å². The van der Waals surface area contributed by atoms with Crippen LogP contribution in [0.2, 0.25) is 0 Å². The number of nitrogens with one attached hydrogen (secondary N) is 2. The lowest BCUT2D eigenvalue weighted by molar-refractivity contribution is 0.617. The summed E-state index contributed by atoms with van der Waals surface area (Å²) in [6.45, 7) is 0. The summed E-state index contributed by atoms with van der Waals surface area (Å²) in [5, 5.41) is 3.96. The van der Waals surface area contributed by atoms with Gasteiger partial charge in [-0.25, -0.2) is 9.37 Å². The first-order valence-electron chi connectivity index (χ1n) is 8.22. The van der Waals surface area contributed by atoms with E-state index in [9.17, 15) is 9.18 Å². The first-order valence-corrected chi connectivity index (χ1v) is 8.22. The van der Waals surface area contributed by atoms with Crippen molar-refractivity contribution in [3.8, 4) is 0 Å². The highest BCUT2D eigenvalue weighted by Gasteiger charge is 2.29. The molecule has 5 heteroatoms. The number of benzene rings is 2. The maximum absolute atomic E-state index is 13.1. The van der Waals surface area contributed by atoms with Crippen LogP contribution < -0.4 is 10.9 Å². The molecule has 122 valence electrons. The Hall–Kier alpha value is -2.69. The number of hydrogen-bond donors (Lipinski definition) is 2. The van der Waals surface area contributed by atoms with E-state index in [1.54, 1.807) is 6.07 Å². The lowest BCUT2D eigenvalue weighted by atomic mass is 9.94. The Balaban J connectivity index is 1.62. The molecule has 1 fully saturated rings. The zero-order chi connectivity index (χ0) is 16.5. The summed E-state index contributed by atoms with van der Waals surface area (Å²) in [6.07, 6.45) is 3.14. The van der Waals surface area contributed by atoms with Gasteiger partial charge in [0.25, 0.3) is 5.56 Å². The molecule has 0 bridgehead atoms. The molecule has 1 aliphatic carbocycles. The molecule has 0 spiro atoms. The molecule has 2 N–H and O–H groups in total. The number of para-hydroxylation sites is 1. The van der Waals surface area contributed by atoms with Crippen LogP contribution >= 0.6 is 0 Å². The van der Waals surface area contributed by atoms with Gasteiger partial charge in [-0.1, -0.05) is 30.7 Å². The molecule has 4 nitrogen and oxygen atoms in total. The van der Waals surface area contributed by atoms with Crippen molar-refractivity contribution < 1.29 is 4.39 Å². The van der Waals surface area contributed by atoms with Gasteiger partial charge in [-0.15, -0.1) is 0 Å². The molecule has 0 aliphatic heterocycles. The smallest absolute Gasteiger partial charge is 0.260 e. The molecule has 0 radical (unpaired) electrons. The molecule has 2 atom stereocenters. The Labute approximate surface area is 138 Å². The van der Waals surface area contributed by atoms with Crippen molar-refractivity contribution in [2.24, 2.45) is 0 Å². The summed E-state index contributed by atoms with van der Waals surface area (Å²) in [5.41, 5.74) is 1.66. The van der Waals surface area contributed by atoms with E-state index in [0.717, 1.165) is 24.8 Å². The van der Waals surface area contributed by atoms with Crippen molar-refractivity contribution in [2.45, 2.75) is 31.2 Å². The van der Waals surface area contributed by atoms with Crippen molar-refractivity contribution in [3.05, 3.63) is 70.3 Å². The van der Waals surface area contributed by atoms with E-state index in [1.165, 1.54) is 12.1 Å². The van der Waals surface area contributed by atoms with Crippen LogP contribution in [0.5, 0.6) is 0 Å². The third-order valence-corrected chi connectivity index (χ3v) is 4.75. The molecule has 1 saturated carbocycles. The standard InChI is InChI=1S/C19H18FN3O/c20-13-10-8-12(9-11-13)14-5-3-7-16(14)21-19-22-17-6-2-1-4-15(17)18(24)23-19/h1-2,4,6,8-11,14,16H,3,5,7H2,(H2,21,22,23,24). The Bertz CT molecular complexity index is 920. The maximum Gasteiger partial charge on any atom is 0.260 e. The largest absolute Gasteiger partial charge is 0.352 e. The minimum atomic E-state index is -0.221. The van der Waals surface area contributed by atoms with Gasteiger partial charge in [0.05, 0.1) is 10.9 Å². The monoisotopic (exact) mass is 323 g/mol. The van der Waals surface area contributed by atoms with E-state index in [2.05, 4.69) is 15.3 Å². The number of H-pyrrole nitrogens is 1. The van der Waals surface area contributed by atoms with Crippen LogP contribution in [0.3, 0.4) is 0 Å². The Morgan fingerprint density at radius 2 is 1.88 bits per heavy atom. The Morgan fingerprint density at radius 1 is 1.08 bits per heavy atom. The summed E-state index contributed by atoms with van der Waals surface area (Å²) in [4.78, 5) is 19.5. The third-order valence-electron chi connectivity index (χ3n) is 4.75. The molecular formula is C19H18FN3O. The average Bonchev–Trinajstić information content (AvgIpc) is 3.04. The van der Waals surface area contributed by atoms with Crippen LogP contribution in [0.4, 0.5) is 10.3 Å². The van der Waals surface area contributed by atoms with Crippen molar-refractivity contribution >= 4 is 16.9 Å². The summed E-state index contributed by atoms with van der Waals surface area (Å²) in [7, 11) is 0. The molecule has 1 aliphatic rings. The fourth-order valence-corrected chi connectivity index (χ4v) is 3.57. The predicted molar refractivity (Wildman–Crippen MR) is 92.8 cm³/mol. The van der Waals surface area contributed by atoms with Crippen molar-refractivity contribution in [1.29, 1.82) is 0 Å². The van der Waals surface area contributed by atoms with Crippen LogP contribution in [0.1, 0.15) is 30.7 Å². The van der Waals surface area contributed by atoms with Crippen LogP contribution in [0.15, 0.2) is 53.3 Å². The van der Waals surface area contributed by atoms with Crippen molar-refractivity contribution in [1.82, 2.24) is 9.97 Å². The van der Waals surface area contributed by atoms with Crippen LogP contribution in [0.25, 0.3) is 10.9 Å². The minimum absolute atomic E-state index is 0.139. The summed E-state index contributed by atoms with van der Waals surface area (Å²) in [6, 6.07) is 14.2. The number of fused-ring (bicyclic) bond motifs is 1. The number of nitrogens with zero attached hydrogens (tertiary/aromatic N) is 1. The number of rotatable bonds is 3. The van der Waals surface area contributed by atoms with E-state index in [1.807, 2.05) is 30.3 Å². The molecule has 1 aromatic heterocycles. The van der Waals surface area contributed by atoms with Gasteiger partial charge in [-0.05, 0) is 42.7 Å². The van der Waals surface area contributed by atoms with E-state index in [4.69, 9.17) is 0 Å². The van der Waals surface area contributed by atoms with E-state index < -0.39 is 0 Å². The van der Waals surface area contributed by atoms with Crippen LogP contribution in [0, 0.1) is 5.82 Å². The van der Waals surface area contributed by atoms with Crippen LogP contribution in [-0.4, -0.2) is 16.0 Å². The van der Waals surface area contributed by atoms with Gasteiger partial charge in [0, 0.05) is 12.0 Å². The molecule has 3 aromatic rings. The van der Waals surface area contributed by atoms with E-state index >= 15 is 0 Å². The van der Waals surface area contributed by atoms with E-state index in [-0.39, 0.29) is 17.4 Å². The summed E-state index contributed by atoms with van der Waals surface area (Å²) in [5.74, 6) is 0.571. The zero-order valence-corrected chi connectivity index (χ0v) is 13.1. The Kier molecular flexibility index (Phi) is 3.76. The molecule has 1 heterocycles. The second-order valence-electron chi connectivity index (χ2n) is 6.27. The van der Waals surface area contributed by atoms with Gasteiger partial charge in [-0.2, -0.15) is 0 Å². The van der Waals surface area contributed by atoms with Gasteiger partial charge in [0.15, 0.2) is 0 Å².